The number of nitrogens with zero attached hydrogens (tertiary/aromatic N) is 1. The summed E-state index contributed by atoms with van der Waals surface area (Å²) in [7, 11) is 0. The predicted molar refractivity (Wildman–Crippen MR) is 70.0 cm³/mol. The number of carbonyl (C=O) groups is 2. The maximum atomic E-state index is 11.4. The van der Waals surface area contributed by atoms with E-state index in [4.69, 9.17) is 9.84 Å². The smallest absolute Gasteiger partial charge is 0.407 e. The minimum atomic E-state index is -1.48. The molecule has 0 aliphatic heterocycles. The number of aliphatic hydroxyl groups is 1. The van der Waals surface area contributed by atoms with Crippen LogP contribution in [0.2, 0.25) is 0 Å². The molecule has 1 amide bonds. The molecule has 20 heavy (non-hydrogen) atoms. The van der Waals surface area contributed by atoms with Gasteiger partial charge in [-0.2, -0.15) is 0 Å². The zero-order valence-corrected chi connectivity index (χ0v) is 11.2. The van der Waals surface area contributed by atoms with E-state index in [9.17, 15) is 14.7 Å². The molecule has 0 saturated heterocycles. The Morgan fingerprint density at radius 2 is 2.05 bits per heavy atom. The van der Waals surface area contributed by atoms with Gasteiger partial charge in [0.25, 0.3) is 0 Å². The summed E-state index contributed by atoms with van der Waals surface area (Å²) in [4.78, 5) is 26.4. The van der Waals surface area contributed by atoms with Crippen molar-refractivity contribution in [1.29, 1.82) is 0 Å². The van der Waals surface area contributed by atoms with Gasteiger partial charge >= 0.3 is 12.1 Å². The third kappa shape index (κ3) is 4.85. The van der Waals surface area contributed by atoms with E-state index in [0.717, 1.165) is 6.42 Å². The number of rotatable bonds is 7. The topological polar surface area (TPSA) is 109 Å². The lowest BCUT2D eigenvalue weighted by molar-refractivity contribution is -0.142. The summed E-state index contributed by atoms with van der Waals surface area (Å²) in [5.74, 6) is -1.35. The van der Waals surface area contributed by atoms with E-state index in [1.54, 1.807) is 0 Å². The number of carboxylic acid groups (broad SMARTS) is 1. The number of nitrogens with one attached hydrogen (secondary N) is 1. The minimum Gasteiger partial charge on any atom is -0.480 e. The van der Waals surface area contributed by atoms with Gasteiger partial charge in [0, 0.05) is 12.4 Å². The van der Waals surface area contributed by atoms with E-state index in [0.29, 0.717) is 12.0 Å². The van der Waals surface area contributed by atoms with Crippen molar-refractivity contribution in [1.82, 2.24) is 10.3 Å². The van der Waals surface area contributed by atoms with Gasteiger partial charge in [0.05, 0.1) is 6.61 Å². The summed E-state index contributed by atoms with van der Waals surface area (Å²) >= 11 is 0. The standard InChI is InChI=1S/C13H18N2O5/c1-2-3-8-20-13(19)15-10(12(17)18)11(16)9-4-6-14-7-5-9/h4-7,10-11,16H,2-3,8H2,1H3,(H,15,19)(H,17,18). The number of hydrogen-bond acceptors (Lipinski definition) is 5. The van der Waals surface area contributed by atoms with Crippen molar-refractivity contribution in [2.24, 2.45) is 0 Å². The number of unbranched alkanes of at least 4 members (excludes halogenated alkanes) is 1. The summed E-state index contributed by atoms with van der Waals surface area (Å²) < 4.78 is 4.81. The Labute approximate surface area is 116 Å². The molecule has 0 fully saturated rings. The van der Waals surface area contributed by atoms with Crippen LogP contribution in [0.1, 0.15) is 31.4 Å². The Kier molecular flexibility index (Phi) is 6.45. The number of amides is 1. The molecule has 0 bridgehead atoms. The fourth-order valence-corrected chi connectivity index (χ4v) is 1.51. The van der Waals surface area contributed by atoms with Crippen molar-refractivity contribution in [2.75, 3.05) is 6.61 Å². The van der Waals surface area contributed by atoms with Gasteiger partial charge in [-0.15, -0.1) is 0 Å². The number of pyridine rings is 1. The second-order valence-corrected chi connectivity index (χ2v) is 4.18. The van der Waals surface area contributed by atoms with Crippen LogP contribution in [0.5, 0.6) is 0 Å². The highest BCUT2D eigenvalue weighted by Crippen LogP contribution is 2.16. The molecule has 2 unspecified atom stereocenters. The van der Waals surface area contributed by atoms with Gasteiger partial charge in [-0.3, -0.25) is 4.98 Å². The molecule has 1 heterocycles. The van der Waals surface area contributed by atoms with E-state index >= 15 is 0 Å². The highest BCUT2D eigenvalue weighted by molar-refractivity contribution is 5.80. The molecule has 3 N–H and O–H groups in total. The fraction of sp³-hybridized carbons (Fsp3) is 0.462. The Morgan fingerprint density at radius 1 is 1.40 bits per heavy atom. The van der Waals surface area contributed by atoms with Crippen LogP contribution in [-0.2, 0) is 9.53 Å². The molecule has 0 radical (unpaired) electrons. The number of carboxylic acids is 1. The highest BCUT2D eigenvalue weighted by atomic mass is 16.5. The van der Waals surface area contributed by atoms with Crippen LogP contribution in [0.25, 0.3) is 0 Å². The molecule has 1 aromatic heterocycles. The number of aromatic nitrogens is 1. The van der Waals surface area contributed by atoms with Crippen molar-refractivity contribution < 1.29 is 24.5 Å². The zero-order chi connectivity index (χ0) is 15.0. The predicted octanol–water partition coefficient (Wildman–Crippen LogP) is 1.09. The normalized spacial score (nSPS) is 13.3. The number of aliphatic carboxylic acids is 1. The van der Waals surface area contributed by atoms with E-state index in [1.165, 1.54) is 24.5 Å². The zero-order valence-electron chi connectivity index (χ0n) is 11.2. The van der Waals surface area contributed by atoms with Gasteiger partial charge in [-0.1, -0.05) is 13.3 Å². The SMILES string of the molecule is CCCCOC(=O)NC(C(=O)O)C(O)c1ccncc1. The molecular weight excluding hydrogens is 264 g/mol. The van der Waals surface area contributed by atoms with Crippen LogP contribution in [0.4, 0.5) is 4.79 Å². The van der Waals surface area contributed by atoms with E-state index in [1.807, 2.05) is 6.92 Å². The van der Waals surface area contributed by atoms with Crippen molar-refractivity contribution in [3.05, 3.63) is 30.1 Å². The van der Waals surface area contributed by atoms with Crippen molar-refractivity contribution in [2.45, 2.75) is 31.9 Å². The molecule has 0 aliphatic carbocycles. The molecule has 110 valence electrons. The van der Waals surface area contributed by atoms with Gasteiger partial charge in [-0.05, 0) is 24.1 Å². The van der Waals surface area contributed by atoms with Crippen molar-refractivity contribution >= 4 is 12.1 Å². The molecule has 7 heteroatoms. The number of hydrogen-bond donors (Lipinski definition) is 3. The van der Waals surface area contributed by atoms with Crippen LogP contribution in [0.3, 0.4) is 0 Å². The van der Waals surface area contributed by atoms with E-state index in [-0.39, 0.29) is 6.61 Å². The first-order valence-electron chi connectivity index (χ1n) is 6.30. The Bertz CT molecular complexity index is 438. The molecule has 1 aromatic rings. The van der Waals surface area contributed by atoms with Crippen LogP contribution < -0.4 is 5.32 Å². The Balaban J connectivity index is 2.65. The minimum absolute atomic E-state index is 0.208. The van der Waals surface area contributed by atoms with E-state index < -0.39 is 24.2 Å². The average Bonchev–Trinajstić information content (AvgIpc) is 2.45. The Morgan fingerprint density at radius 3 is 2.60 bits per heavy atom. The molecular formula is C13H18N2O5. The van der Waals surface area contributed by atoms with Crippen LogP contribution in [0.15, 0.2) is 24.5 Å². The molecule has 0 aromatic carbocycles. The third-order valence-corrected chi connectivity index (χ3v) is 2.63. The second-order valence-electron chi connectivity index (χ2n) is 4.18. The van der Waals surface area contributed by atoms with Gasteiger partial charge < -0.3 is 20.3 Å². The lowest BCUT2D eigenvalue weighted by Crippen LogP contribution is -2.45. The number of aliphatic hydroxyl groups excluding tert-OH is 1. The van der Waals surface area contributed by atoms with Crippen LogP contribution in [0, 0.1) is 0 Å². The molecule has 7 nitrogen and oxygen atoms in total. The molecule has 2 atom stereocenters. The third-order valence-electron chi connectivity index (χ3n) is 2.63. The molecule has 0 spiro atoms. The first kappa shape index (κ1) is 15.9. The summed E-state index contributed by atoms with van der Waals surface area (Å²) in [6, 6.07) is 1.47. The first-order chi connectivity index (χ1) is 9.56. The number of ether oxygens (including phenoxy) is 1. The summed E-state index contributed by atoms with van der Waals surface area (Å²) in [5.41, 5.74) is 0.348. The highest BCUT2D eigenvalue weighted by Gasteiger charge is 2.29. The van der Waals surface area contributed by atoms with E-state index in [2.05, 4.69) is 10.3 Å². The molecule has 0 aliphatic rings. The van der Waals surface area contributed by atoms with Gasteiger partial charge in [-0.25, -0.2) is 9.59 Å². The average molecular weight is 282 g/mol. The maximum Gasteiger partial charge on any atom is 0.407 e. The quantitative estimate of drug-likeness (QED) is 0.646. The van der Waals surface area contributed by atoms with Gasteiger partial charge in [0.1, 0.15) is 6.10 Å². The second kappa shape index (κ2) is 8.11. The summed E-state index contributed by atoms with van der Waals surface area (Å²) in [6.07, 6.45) is 2.16. The van der Waals surface area contributed by atoms with Crippen molar-refractivity contribution in [3.63, 3.8) is 0 Å². The van der Waals surface area contributed by atoms with Crippen LogP contribution >= 0.6 is 0 Å². The number of carbonyl (C=O) groups excluding carboxylic acids is 1. The lowest BCUT2D eigenvalue weighted by atomic mass is 10.0. The lowest BCUT2D eigenvalue weighted by Gasteiger charge is -2.20. The molecule has 0 saturated carbocycles. The van der Waals surface area contributed by atoms with Crippen LogP contribution in [-0.4, -0.2) is 39.9 Å². The fourth-order valence-electron chi connectivity index (χ4n) is 1.51. The monoisotopic (exact) mass is 282 g/mol. The maximum absolute atomic E-state index is 11.4. The van der Waals surface area contributed by atoms with Crippen molar-refractivity contribution in [3.8, 4) is 0 Å². The first-order valence-corrected chi connectivity index (χ1v) is 6.30. The largest absolute Gasteiger partial charge is 0.480 e. The summed E-state index contributed by atoms with van der Waals surface area (Å²) in [5, 5.41) is 21.2. The van der Waals surface area contributed by atoms with Gasteiger partial charge in [0.15, 0.2) is 6.04 Å². The molecule has 1 rings (SSSR count). The number of alkyl carbamates (subject to hydrolysis) is 1. The van der Waals surface area contributed by atoms with Gasteiger partial charge in [0.2, 0.25) is 0 Å². The Hall–Kier alpha value is -2.15. The summed E-state index contributed by atoms with van der Waals surface area (Å²) in [6.45, 7) is 2.15.